The predicted octanol–water partition coefficient (Wildman–Crippen LogP) is 1.68. The second-order valence-corrected chi connectivity index (χ2v) is 5.09. The topological polar surface area (TPSA) is 53.8 Å². The normalized spacial score (nSPS) is 15.4. The highest BCUT2D eigenvalue weighted by atomic mass is 16.3. The van der Waals surface area contributed by atoms with Crippen LogP contribution in [0.25, 0.3) is 0 Å². The van der Waals surface area contributed by atoms with E-state index in [0.29, 0.717) is 45.4 Å². The average Bonchev–Trinajstić information content (AvgIpc) is 2.98. The van der Waals surface area contributed by atoms with Crippen LogP contribution in [-0.2, 0) is 16.0 Å². The van der Waals surface area contributed by atoms with Crippen molar-refractivity contribution in [3.8, 4) is 0 Å². The quantitative estimate of drug-likeness (QED) is 0.823. The molecule has 1 saturated heterocycles. The monoisotopic (exact) mass is 278 g/mol. The summed E-state index contributed by atoms with van der Waals surface area (Å²) in [7, 11) is 0. The van der Waals surface area contributed by atoms with Crippen LogP contribution in [0.5, 0.6) is 0 Å². The number of carbonyl (C=O) groups excluding carboxylic acids is 2. The van der Waals surface area contributed by atoms with Crippen LogP contribution in [0.15, 0.2) is 22.8 Å². The first kappa shape index (κ1) is 14.6. The predicted molar refractivity (Wildman–Crippen MR) is 75.1 cm³/mol. The molecule has 110 valence electrons. The molecule has 0 atom stereocenters. The van der Waals surface area contributed by atoms with E-state index in [4.69, 9.17) is 4.42 Å². The molecule has 0 spiro atoms. The summed E-state index contributed by atoms with van der Waals surface area (Å²) in [6.07, 6.45) is 4.21. The molecule has 2 amide bonds. The van der Waals surface area contributed by atoms with E-state index >= 15 is 0 Å². The zero-order valence-electron chi connectivity index (χ0n) is 12.0. The Kier molecular flexibility index (Phi) is 5.21. The highest BCUT2D eigenvalue weighted by Gasteiger charge is 2.23. The lowest BCUT2D eigenvalue weighted by molar-refractivity contribution is -0.139. The third-order valence-electron chi connectivity index (χ3n) is 3.61. The standard InChI is InChI=1S/C15H22N2O3/c1-2-4-14(18)16-8-10-17(11-9-16)15(19)7-6-13-5-3-12-20-13/h3,5,12H,2,4,6-11H2,1H3. The Morgan fingerprint density at radius 2 is 1.70 bits per heavy atom. The van der Waals surface area contributed by atoms with Gasteiger partial charge in [0.15, 0.2) is 0 Å². The molecule has 0 aliphatic carbocycles. The number of furan rings is 1. The number of hydrogen-bond donors (Lipinski definition) is 0. The Morgan fingerprint density at radius 3 is 2.20 bits per heavy atom. The van der Waals surface area contributed by atoms with Crippen LogP contribution in [0.4, 0.5) is 0 Å². The first-order valence-electron chi connectivity index (χ1n) is 7.28. The number of aryl methyl sites for hydroxylation is 1. The molecule has 1 aliphatic rings. The minimum atomic E-state index is 0.143. The molecule has 0 saturated carbocycles. The van der Waals surface area contributed by atoms with Crippen molar-refractivity contribution in [2.45, 2.75) is 32.6 Å². The van der Waals surface area contributed by atoms with Crippen molar-refractivity contribution in [2.24, 2.45) is 0 Å². The third kappa shape index (κ3) is 3.85. The van der Waals surface area contributed by atoms with Gasteiger partial charge in [0.2, 0.25) is 11.8 Å². The van der Waals surface area contributed by atoms with Crippen molar-refractivity contribution >= 4 is 11.8 Å². The van der Waals surface area contributed by atoms with Crippen LogP contribution >= 0.6 is 0 Å². The molecule has 0 unspecified atom stereocenters. The van der Waals surface area contributed by atoms with E-state index < -0.39 is 0 Å². The van der Waals surface area contributed by atoms with Gasteiger partial charge in [0.1, 0.15) is 5.76 Å². The minimum absolute atomic E-state index is 0.143. The zero-order chi connectivity index (χ0) is 14.4. The van der Waals surface area contributed by atoms with Crippen LogP contribution < -0.4 is 0 Å². The fraction of sp³-hybridized carbons (Fsp3) is 0.600. The van der Waals surface area contributed by atoms with E-state index in [1.165, 1.54) is 0 Å². The van der Waals surface area contributed by atoms with Crippen LogP contribution in [0.3, 0.4) is 0 Å². The molecule has 1 aromatic rings. The molecule has 1 aliphatic heterocycles. The van der Waals surface area contributed by atoms with Gasteiger partial charge in [-0.15, -0.1) is 0 Å². The first-order valence-corrected chi connectivity index (χ1v) is 7.28. The molecule has 0 N–H and O–H groups in total. The molecular formula is C15H22N2O3. The maximum Gasteiger partial charge on any atom is 0.223 e. The van der Waals surface area contributed by atoms with Crippen LogP contribution in [-0.4, -0.2) is 47.8 Å². The van der Waals surface area contributed by atoms with Gasteiger partial charge >= 0.3 is 0 Å². The summed E-state index contributed by atoms with van der Waals surface area (Å²) in [6.45, 7) is 4.61. The summed E-state index contributed by atoms with van der Waals surface area (Å²) in [5.41, 5.74) is 0. The van der Waals surface area contributed by atoms with Crippen molar-refractivity contribution in [1.29, 1.82) is 0 Å². The smallest absolute Gasteiger partial charge is 0.223 e. The summed E-state index contributed by atoms with van der Waals surface area (Å²) in [5, 5.41) is 0. The lowest BCUT2D eigenvalue weighted by Crippen LogP contribution is -2.50. The second-order valence-electron chi connectivity index (χ2n) is 5.09. The Morgan fingerprint density at radius 1 is 1.10 bits per heavy atom. The highest BCUT2D eigenvalue weighted by Crippen LogP contribution is 2.09. The van der Waals surface area contributed by atoms with Gasteiger partial charge in [-0.3, -0.25) is 9.59 Å². The van der Waals surface area contributed by atoms with E-state index in [2.05, 4.69) is 0 Å². The lowest BCUT2D eigenvalue weighted by Gasteiger charge is -2.34. The SMILES string of the molecule is CCCC(=O)N1CCN(C(=O)CCc2ccco2)CC1. The molecule has 2 rings (SSSR count). The van der Waals surface area contributed by atoms with Crippen molar-refractivity contribution in [1.82, 2.24) is 9.80 Å². The van der Waals surface area contributed by atoms with Crippen LogP contribution in [0, 0.1) is 0 Å². The van der Waals surface area contributed by atoms with Gasteiger partial charge in [-0.05, 0) is 18.6 Å². The summed E-state index contributed by atoms with van der Waals surface area (Å²) < 4.78 is 5.22. The van der Waals surface area contributed by atoms with E-state index in [0.717, 1.165) is 12.2 Å². The number of carbonyl (C=O) groups is 2. The molecule has 1 aromatic heterocycles. The molecule has 0 radical (unpaired) electrons. The van der Waals surface area contributed by atoms with E-state index in [9.17, 15) is 9.59 Å². The molecule has 5 nitrogen and oxygen atoms in total. The van der Waals surface area contributed by atoms with Gasteiger partial charge in [-0.25, -0.2) is 0 Å². The Labute approximate surface area is 119 Å². The van der Waals surface area contributed by atoms with Crippen LogP contribution in [0.2, 0.25) is 0 Å². The lowest BCUT2D eigenvalue weighted by atomic mass is 10.2. The Hall–Kier alpha value is -1.78. The molecule has 1 fully saturated rings. The molecule has 0 bridgehead atoms. The van der Waals surface area contributed by atoms with Gasteiger partial charge in [0.25, 0.3) is 0 Å². The average molecular weight is 278 g/mol. The summed E-state index contributed by atoms with van der Waals surface area (Å²) >= 11 is 0. The molecule has 0 aromatic carbocycles. The van der Waals surface area contributed by atoms with E-state index in [1.54, 1.807) is 6.26 Å². The van der Waals surface area contributed by atoms with Gasteiger partial charge in [-0.1, -0.05) is 6.92 Å². The van der Waals surface area contributed by atoms with Crippen molar-refractivity contribution in [3.63, 3.8) is 0 Å². The molecule has 5 heteroatoms. The van der Waals surface area contributed by atoms with Gasteiger partial charge in [0.05, 0.1) is 6.26 Å². The molecule has 20 heavy (non-hydrogen) atoms. The van der Waals surface area contributed by atoms with Gasteiger partial charge in [0, 0.05) is 45.4 Å². The fourth-order valence-electron chi connectivity index (χ4n) is 2.42. The highest BCUT2D eigenvalue weighted by molar-refractivity contribution is 5.78. The maximum atomic E-state index is 12.1. The summed E-state index contributed by atoms with van der Waals surface area (Å²) in [5.74, 6) is 1.19. The largest absolute Gasteiger partial charge is 0.469 e. The summed E-state index contributed by atoms with van der Waals surface area (Å²) in [4.78, 5) is 27.5. The third-order valence-corrected chi connectivity index (χ3v) is 3.61. The van der Waals surface area contributed by atoms with E-state index in [-0.39, 0.29) is 11.8 Å². The Bertz CT molecular complexity index is 434. The van der Waals surface area contributed by atoms with Gasteiger partial charge in [-0.2, -0.15) is 0 Å². The number of piperazine rings is 1. The fourth-order valence-corrected chi connectivity index (χ4v) is 2.42. The second kappa shape index (κ2) is 7.12. The summed E-state index contributed by atoms with van der Waals surface area (Å²) in [6, 6.07) is 3.71. The minimum Gasteiger partial charge on any atom is -0.469 e. The number of nitrogens with zero attached hydrogens (tertiary/aromatic N) is 2. The van der Waals surface area contributed by atoms with Crippen molar-refractivity contribution < 1.29 is 14.0 Å². The maximum absolute atomic E-state index is 12.1. The first-order chi connectivity index (χ1) is 9.70. The molecular weight excluding hydrogens is 256 g/mol. The number of amides is 2. The number of hydrogen-bond acceptors (Lipinski definition) is 3. The number of rotatable bonds is 5. The van der Waals surface area contributed by atoms with Crippen molar-refractivity contribution in [2.75, 3.05) is 26.2 Å². The van der Waals surface area contributed by atoms with E-state index in [1.807, 2.05) is 28.9 Å². The zero-order valence-corrected chi connectivity index (χ0v) is 12.0. The van der Waals surface area contributed by atoms with Gasteiger partial charge < -0.3 is 14.2 Å². The molecule has 2 heterocycles. The van der Waals surface area contributed by atoms with Crippen LogP contribution in [0.1, 0.15) is 31.9 Å². The Balaban J connectivity index is 1.73. The van der Waals surface area contributed by atoms with Crippen molar-refractivity contribution in [3.05, 3.63) is 24.2 Å².